The summed E-state index contributed by atoms with van der Waals surface area (Å²) >= 11 is 0. The van der Waals surface area contributed by atoms with Crippen LogP contribution in [0, 0.1) is 5.41 Å². The third-order valence-corrected chi connectivity index (χ3v) is 8.51. The molecule has 2 aliphatic carbocycles. The van der Waals surface area contributed by atoms with Crippen molar-refractivity contribution in [1.82, 2.24) is 30.1 Å². The van der Waals surface area contributed by atoms with Crippen LogP contribution in [0.5, 0.6) is 0 Å². The normalized spacial score (nSPS) is 28.4. The fraction of sp³-hybridized carbons (Fsp3) is 0.815. The maximum atomic E-state index is 13.9. The number of aromatic nitrogens is 3. The van der Waals surface area contributed by atoms with E-state index in [1.807, 2.05) is 31.9 Å². The molecular formula is C27H42N6O4. The molecule has 4 aliphatic rings. The Labute approximate surface area is 219 Å². The Morgan fingerprint density at radius 3 is 2.49 bits per heavy atom. The van der Waals surface area contributed by atoms with Crippen molar-refractivity contribution in [1.29, 1.82) is 0 Å². The van der Waals surface area contributed by atoms with Gasteiger partial charge in [-0.1, -0.05) is 45.2 Å². The van der Waals surface area contributed by atoms with E-state index in [1.54, 1.807) is 4.68 Å². The second-order valence-corrected chi connectivity index (χ2v) is 12.6. The van der Waals surface area contributed by atoms with Crippen molar-refractivity contribution in [2.75, 3.05) is 13.1 Å². The van der Waals surface area contributed by atoms with Crippen molar-refractivity contribution in [3.05, 3.63) is 11.9 Å². The van der Waals surface area contributed by atoms with Crippen molar-refractivity contribution < 1.29 is 19.5 Å². The highest BCUT2D eigenvalue weighted by atomic mass is 16.3. The second-order valence-electron chi connectivity index (χ2n) is 12.6. The molecule has 3 unspecified atom stereocenters. The summed E-state index contributed by atoms with van der Waals surface area (Å²) < 4.78 is 1.63. The number of likely N-dealkylation sites (tertiary alicyclic amines) is 2. The molecule has 5 rings (SSSR count). The lowest BCUT2D eigenvalue weighted by Crippen LogP contribution is -2.58. The first-order chi connectivity index (χ1) is 17.6. The van der Waals surface area contributed by atoms with Gasteiger partial charge >= 0.3 is 0 Å². The van der Waals surface area contributed by atoms with Gasteiger partial charge < -0.3 is 20.2 Å². The highest BCUT2D eigenvalue weighted by molar-refractivity contribution is 5.93. The smallest absolute Gasteiger partial charge is 0.248 e. The number of amides is 3. The maximum Gasteiger partial charge on any atom is 0.248 e. The van der Waals surface area contributed by atoms with Gasteiger partial charge in [0.05, 0.1) is 11.8 Å². The molecule has 3 heterocycles. The van der Waals surface area contributed by atoms with Gasteiger partial charge in [-0.25, -0.2) is 4.68 Å². The number of aliphatic hydroxyl groups excluding tert-OH is 1. The number of nitrogens with one attached hydrogen (secondary N) is 1. The summed E-state index contributed by atoms with van der Waals surface area (Å²) in [6.07, 6.45) is 10.4. The van der Waals surface area contributed by atoms with Gasteiger partial charge in [-0.2, -0.15) is 0 Å². The van der Waals surface area contributed by atoms with E-state index in [-0.39, 0.29) is 36.7 Å². The Bertz CT molecular complexity index is 1010. The maximum absolute atomic E-state index is 13.9. The van der Waals surface area contributed by atoms with Crippen LogP contribution >= 0.6 is 0 Å². The summed E-state index contributed by atoms with van der Waals surface area (Å²) in [5, 5.41) is 22.0. The van der Waals surface area contributed by atoms with Gasteiger partial charge in [0.25, 0.3) is 0 Å². The number of carbonyl (C=O) groups excluding carboxylic acids is 3. The van der Waals surface area contributed by atoms with Crippen LogP contribution in [0.1, 0.15) is 103 Å². The van der Waals surface area contributed by atoms with Crippen LogP contribution in [-0.2, 0) is 14.4 Å². The van der Waals surface area contributed by atoms with Gasteiger partial charge in [-0.15, -0.1) is 5.10 Å². The Hall–Kier alpha value is -2.49. The van der Waals surface area contributed by atoms with Gasteiger partial charge in [-0.05, 0) is 43.9 Å². The van der Waals surface area contributed by atoms with Crippen LogP contribution < -0.4 is 5.32 Å². The van der Waals surface area contributed by atoms with Crippen molar-refractivity contribution in [3.8, 4) is 0 Å². The van der Waals surface area contributed by atoms with Gasteiger partial charge in [0.2, 0.25) is 17.7 Å². The monoisotopic (exact) mass is 514 g/mol. The Morgan fingerprint density at radius 2 is 1.81 bits per heavy atom. The molecule has 10 heteroatoms. The first kappa shape index (κ1) is 26.1. The SMILES string of the molecule is CC(C)(C)[C@@H](C(=O)N1CC(O)CC1C(=O)NC1CCCN(C2CCCCC2)C1=O)n1cc(C2CC2)nn1. The highest BCUT2D eigenvalue weighted by Crippen LogP contribution is 2.40. The molecule has 1 aromatic heterocycles. The molecule has 2 N–H and O–H groups in total. The molecule has 4 fully saturated rings. The van der Waals surface area contributed by atoms with Gasteiger partial charge in [-0.3, -0.25) is 14.4 Å². The molecule has 0 radical (unpaired) electrons. The van der Waals surface area contributed by atoms with Crippen molar-refractivity contribution >= 4 is 17.7 Å². The molecule has 2 saturated heterocycles. The number of nitrogens with zero attached hydrogens (tertiary/aromatic N) is 5. The second kappa shape index (κ2) is 10.3. The minimum atomic E-state index is -0.823. The summed E-state index contributed by atoms with van der Waals surface area (Å²) in [4.78, 5) is 44.2. The van der Waals surface area contributed by atoms with Gasteiger partial charge in [0, 0.05) is 37.7 Å². The number of rotatable bonds is 6. The molecule has 2 aliphatic heterocycles. The average molecular weight is 515 g/mol. The summed E-state index contributed by atoms with van der Waals surface area (Å²) in [5.41, 5.74) is 0.413. The first-order valence-corrected chi connectivity index (χ1v) is 14.1. The predicted molar refractivity (Wildman–Crippen MR) is 136 cm³/mol. The number of β-amino-alcohol motifs (C(OH)–C–C–N with tert-alkyl or cyclic N) is 1. The largest absolute Gasteiger partial charge is 0.391 e. The topological polar surface area (TPSA) is 121 Å². The van der Waals surface area contributed by atoms with E-state index in [0.717, 1.165) is 57.2 Å². The Morgan fingerprint density at radius 1 is 1.08 bits per heavy atom. The zero-order valence-electron chi connectivity index (χ0n) is 22.4. The van der Waals surface area contributed by atoms with E-state index in [1.165, 1.54) is 11.3 Å². The molecule has 1 aromatic rings. The fourth-order valence-corrected chi connectivity index (χ4v) is 6.38. The summed E-state index contributed by atoms with van der Waals surface area (Å²) in [6.45, 7) is 6.74. The minimum absolute atomic E-state index is 0.00860. The predicted octanol–water partition coefficient (Wildman–Crippen LogP) is 2.14. The zero-order valence-corrected chi connectivity index (χ0v) is 22.4. The van der Waals surface area contributed by atoms with E-state index in [4.69, 9.17) is 0 Å². The van der Waals surface area contributed by atoms with E-state index in [2.05, 4.69) is 15.6 Å². The molecule has 0 aromatic carbocycles. The number of hydrogen-bond acceptors (Lipinski definition) is 6. The zero-order chi connectivity index (χ0) is 26.3. The van der Waals surface area contributed by atoms with Crippen LogP contribution in [0.2, 0.25) is 0 Å². The number of piperidine rings is 1. The Kier molecular flexibility index (Phi) is 7.31. The van der Waals surface area contributed by atoms with Crippen LogP contribution in [0.4, 0.5) is 0 Å². The fourth-order valence-electron chi connectivity index (χ4n) is 6.38. The third kappa shape index (κ3) is 5.54. The molecule has 10 nitrogen and oxygen atoms in total. The van der Waals surface area contributed by atoms with Crippen LogP contribution in [0.15, 0.2) is 6.20 Å². The van der Waals surface area contributed by atoms with E-state index < -0.39 is 29.6 Å². The molecule has 2 saturated carbocycles. The molecule has 0 spiro atoms. The first-order valence-electron chi connectivity index (χ1n) is 14.1. The summed E-state index contributed by atoms with van der Waals surface area (Å²) in [6, 6.07) is -1.79. The van der Waals surface area contributed by atoms with Crippen LogP contribution in [-0.4, -0.2) is 84.9 Å². The Balaban J connectivity index is 1.30. The molecular weight excluding hydrogens is 472 g/mol. The van der Waals surface area contributed by atoms with E-state index in [0.29, 0.717) is 12.3 Å². The van der Waals surface area contributed by atoms with E-state index >= 15 is 0 Å². The lowest BCUT2D eigenvalue weighted by atomic mass is 9.85. The van der Waals surface area contributed by atoms with Crippen molar-refractivity contribution in [2.24, 2.45) is 5.41 Å². The minimum Gasteiger partial charge on any atom is -0.391 e. The van der Waals surface area contributed by atoms with Crippen LogP contribution in [0.3, 0.4) is 0 Å². The summed E-state index contributed by atoms with van der Waals surface area (Å²) in [7, 11) is 0. The lowest BCUT2D eigenvalue weighted by molar-refractivity contribution is -0.146. The number of hydrogen-bond donors (Lipinski definition) is 2. The van der Waals surface area contributed by atoms with Gasteiger partial charge in [0.15, 0.2) is 0 Å². The quantitative estimate of drug-likeness (QED) is 0.600. The van der Waals surface area contributed by atoms with Crippen LogP contribution in [0.25, 0.3) is 0 Å². The summed E-state index contributed by atoms with van der Waals surface area (Å²) in [5.74, 6) is -0.211. The molecule has 4 atom stereocenters. The highest BCUT2D eigenvalue weighted by Gasteiger charge is 2.46. The molecule has 0 bridgehead atoms. The average Bonchev–Trinajstić information content (AvgIpc) is 3.47. The molecule has 37 heavy (non-hydrogen) atoms. The lowest BCUT2D eigenvalue weighted by Gasteiger charge is -2.40. The van der Waals surface area contributed by atoms with Crippen molar-refractivity contribution in [3.63, 3.8) is 0 Å². The van der Waals surface area contributed by atoms with E-state index in [9.17, 15) is 19.5 Å². The third-order valence-electron chi connectivity index (χ3n) is 8.51. The molecule has 3 amide bonds. The molecule has 204 valence electrons. The number of aliphatic hydroxyl groups is 1. The number of carbonyl (C=O) groups is 3. The van der Waals surface area contributed by atoms with Crippen molar-refractivity contribution in [2.45, 2.75) is 121 Å². The standard InChI is InChI=1S/C27H42N6O4/c1-27(2,3)23(33-16-21(29-30-33)17-11-12-17)26(37)32-15-19(34)14-22(32)24(35)28-20-10-7-13-31(25(20)36)18-8-5-4-6-9-18/h16-20,22-23,34H,4-15H2,1-3H3,(H,28,35)/t19?,20?,22?,23-/m1/s1. The van der Waals surface area contributed by atoms with Gasteiger partial charge in [0.1, 0.15) is 18.1 Å².